The number of carbonyl (C=O) groups excluding carboxylic acids is 2. The topological polar surface area (TPSA) is 76.3 Å². The Morgan fingerprint density at radius 3 is 2.47 bits per heavy atom. The Morgan fingerprint density at radius 1 is 1.03 bits per heavy atom. The molecule has 1 aromatic carbocycles. The molecule has 2 N–H and O–H groups in total. The monoisotopic (exact) mass is 405 g/mol. The minimum Gasteiger partial charge on any atom is -0.369 e. The van der Waals surface area contributed by atoms with E-state index in [9.17, 15) is 9.59 Å². The molecule has 5 heteroatoms. The van der Waals surface area contributed by atoms with Crippen LogP contribution in [0, 0.1) is 11.3 Å². The van der Waals surface area contributed by atoms with Gasteiger partial charge in [0, 0.05) is 31.4 Å². The number of benzene rings is 1. The highest BCUT2D eigenvalue weighted by Gasteiger charge is 2.43. The number of likely N-dealkylation sites (tertiary alicyclic amines) is 1. The van der Waals surface area contributed by atoms with Crippen LogP contribution in [0.4, 0.5) is 0 Å². The van der Waals surface area contributed by atoms with Gasteiger partial charge in [-0.05, 0) is 54.9 Å². The molecule has 4 rings (SSSR count). The van der Waals surface area contributed by atoms with Crippen molar-refractivity contribution >= 4 is 11.8 Å². The zero-order valence-corrected chi connectivity index (χ0v) is 17.6. The fourth-order valence-corrected chi connectivity index (χ4v) is 5.10. The van der Waals surface area contributed by atoms with Crippen molar-refractivity contribution in [3.8, 4) is 11.1 Å². The van der Waals surface area contributed by atoms with E-state index in [0.717, 1.165) is 61.8 Å². The number of pyridine rings is 1. The van der Waals surface area contributed by atoms with Gasteiger partial charge >= 0.3 is 0 Å². The van der Waals surface area contributed by atoms with Crippen LogP contribution in [0.2, 0.25) is 0 Å². The Bertz CT molecular complexity index is 875. The number of piperidine rings is 1. The molecular weight excluding hydrogens is 374 g/mol. The van der Waals surface area contributed by atoms with E-state index in [1.165, 1.54) is 6.42 Å². The van der Waals surface area contributed by atoms with Crippen LogP contribution in [0.5, 0.6) is 0 Å². The molecule has 2 aliphatic rings. The van der Waals surface area contributed by atoms with Crippen LogP contribution in [-0.2, 0) is 16.0 Å². The van der Waals surface area contributed by atoms with Crippen molar-refractivity contribution in [3.05, 3.63) is 54.4 Å². The summed E-state index contributed by atoms with van der Waals surface area (Å²) >= 11 is 0. The molecule has 158 valence electrons. The van der Waals surface area contributed by atoms with E-state index in [-0.39, 0.29) is 17.7 Å². The van der Waals surface area contributed by atoms with E-state index in [1.807, 2.05) is 23.2 Å². The first kappa shape index (κ1) is 20.6. The van der Waals surface area contributed by atoms with Gasteiger partial charge in [-0.25, -0.2) is 0 Å². The lowest BCUT2D eigenvalue weighted by Gasteiger charge is -2.42. The first-order valence-electron chi connectivity index (χ1n) is 11.2. The minimum atomic E-state index is -0.682. The van der Waals surface area contributed by atoms with Gasteiger partial charge in [-0.3, -0.25) is 14.6 Å². The maximum atomic E-state index is 13.1. The highest BCUT2D eigenvalue weighted by atomic mass is 16.2. The summed E-state index contributed by atoms with van der Waals surface area (Å²) in [6, 6.07) is 12.2. The van der Waals surface area contributed by atoms with E-state index in [0.29, 0.717) is 13.0 Å². The van der Waals surface area contributed by atoms with Gasteiger partial charge in [-0.1, -0.05) is 49.6 Å². The van der Waals surface area contributed by atoms with Crippen molar-refractivity contribution in [2.24, 2.45) is 17.1 Å². The molecule has 2 fully saturated rings. The molecule has 0 spiro atoms. The van der Waals surface area contributed by atoms with Crippen LogP contribution in [-0.4, -0.2) is 34.8 Å². The number of carbonyl (C=O) groups is 2. The van der Waals surface area contributed by atoms with Crippen molar-refractivity contribution in [2.75, 3.05) is 13.1 Å². The van der Waals surface area contributed by atoms with Crippen molar-refractivity contribution in [1.82, 2.24) is 9.88 Å². The van der Waals surface area contributed by atoms with E-state index in [1.54, 1.807) is 6.20 Å². The Hall–Kier alpha value is -2.69. The van der Waals surface area contributed by atoms with Crippen molar-refractivity contribution in [1.29, 1.82) is 0 Å². The predicted octanol–water partition coefficient (Wildman–Crippen LogP) is 3.97. The predicted molar refractivity (Wildman–Crippen MR) is 117 cm³/mol. The number of nitrogens with zero attached hydrogens (tertiary/aromatic N) is 2. The molecule has 2 aromatic rings. The van der Waals surface area contributed by atoms with Gasteiger partial charge in [0.05, 0.1) is 5.41 Å². The SMILES string of the molecule is NC(=O)C1(Cc2ccc(-c3cccnc3)cc2)CCCN(C(=O)C2CCCCC2)C1. The molecule has 1 atom stereocenters. The van der Waals surface area contributed by atoms with Crippen molar-refractivity contribution in [2.45, 2.75) is 51.4 Å². The summed E-state index contributed by atoms with van der Waals surface area (Å²) in [5, 5.41) is 0. The number of hydrogen-bond acceptors (Lipinski definition) is 3. The van der Waals surface area contributed by atoms with E-state index >= 15 is 0 Å². The maximum absolute atomic E-state index is 13.1. The van der Waals surface area contributed by atoms with Crippen LogP contribution in [0.15, 0.2) is 48.8 Å². The minimum absolute atomic E-state index is 0.126. The molecule has 0 radical (unpaired) electrons. The van der Waals surface area contributed by atoms with Gasteiger partial charge < -0.3 is 10.6 Å². The second kappa shape index (κ2) is 8.99. The molecule has 5 nitrogen and oxygen atoms in total. The molecule has 1 unspecified atom stereocenters. The molecular formula is C25H31N3O2. The molecule has 2 heterocycles. The fraction of sp³-hybridized carbons (Fsp3) is 0.480. The van der Waals surface area contributed by atoms with Crippen molar-refractivity contribution in [3.63, 3.8) is 0 Å². The molecule has 30 heavy (non-hydrogen) atoms. The number of hydrogen-bond donors (Lipinski definition) is 1. The molecule has 0 bridgehead atoms. The van der Waals surface area contributed by atoms with Crippen LogP contribution in [0.1, 0.15) is 50.5 Å². The number of nitrogens with two attached hydrogens (primary N) is 1. The molecule has 1 saturated heterocycles. The highest BCUT2D eigenvalue weighted by Crippen LogP contribution is 2.36. The molecule has 1 saturated carbocycles. The third kappa shape index (κ3) is 4.40. The maximum Gasteiger partial charge on any atom is 0.225 e. The average Bonchev–Trinajstić information content (AvgIpc) is 2.80. The molecule has 1 aromatic heterocycles. The summed E-state index contributed by atoms with van der Waals surface area (Å²) in [5.41, 5.74) is 8.48. The number of aromatic nitrogens is 1. The molecule has 1 aliphatic carbocycles. The van der Waals surface area contributed by atoms with Gasteiger partial charge in [-0.2, -0.15) is 0 Å². The quantitative estimate of drug-likeness (QED) is 0.818. The molecule has 2 amide bonds. The van der Waals surface area contributed by atoms with Gasteiger partial charge in [0.15, 0.2) is 0 Å². The van der Waals surface area contributed by atoms with Crippen LogP contribution in [0.3, 0.4) is 0 Å². The Kier molecular flexibility index (Phi) is 6.16. The normalized spacial score (nSPS) is 22.6. The van der Waals surface area contributed by atoms with Gasteiger partial charge in [-0.15, -0.1) is 0 Å². The summed E-state index contributed by atoms with van der Waals surface area (Å²) in [4.78, 5) is 31.8. The van der Waals surface area contributed by atoms with E-state index < -0.39 is 5.41 Å². The lowest BCUT2D eigenvalue weighted by atomic mass is 9.74. The smallest absolute Gasteiger partial charge is 0.225 e. The van der Waals surface area contributed by atoms with Gasteiger partial charge in [0.2, 0.25) is 11.8 Å². The standard InChI is InChI=1S/C25H31N3O2/c26-24(30)25(13-5-15-28(18-25)23(29)21-6-2-1-3-7-21)16-19-9-11-20(12-10-19)22-8-4-14-27-17-22/h4,8-12,14,17,21H,1-3,5-7,13,15-16,18H2,(H2,26,30). The van der Waals surface area contributed by atoms with Crippen LogP contribution < -0.4 is 5.73 Å². The lowest BCUT2D eigenvalue weighted by molar-refractivity contribution is -0.143. The van der Waals surface area contributed by atoms with E-state index in [4.69, 9.17) is 5.73 Å². The number of primary amides is 1. The van der Waals surface area contributed by atoms with Crippen molar-refractivity contribution < 1.29 is 9.59 Å². The Balaban J connectivity index is 1.49. The zero-order chi connectivity index (χ0) is 21.0. The summed E-state index contributed by atoms with van der Waals surface area (Å²) in [5.74, 6) is 0.0631. The van der Waals surface area contributed by atoms with Gasteiger partial charge in [0.25, 0.3) is 0 Å². The summed E-state index contributed by atoms with van der Waals surface area (Å²) in [6.07, 6.45) is 11.2. The van der Waals surface area contributed by atoms with Gasteiger partial charge in [0.1, 0.15) is 0 Å². The largest absolute Gasteiger partial charge is 0.369 e. The number of amides is 2. The summed E-state index contributed by atoms with van der Waals surface area (Å²) in [6.45, 7) is 1.19. The Labute approximate surface area is 178 Å². The average molecular weight is 406 g/mol. The second-order valence-corrected chi connectivity index (χ2v) is 8.96. The number of rotatable bonds is 5. The zero-order valence-electron chi connectivity index (χ0n) is 17.6. The van der Waals surface area contributed by atoms with Crippen LogP contribution in [0.25, 0.3) is 11.1 Å². The first-order valence-corrected chi connectivity index (χ1v) is 11.2. The fourth-order valence-electron chi connectivity index (χ4n) is 5.10. The second-order valence-electron chi connectivity index (χ2n) is 8.96. The highest BCUT2D eigenvalue weighted by molar-refractivity contribution is 5.84. The third-order valence-electron chi connectivity index (χ3n) is 6.86. The van der Waals surface area contributed by atoms with E-state index in [2.05, 4.69) is 29.2 Å². The van der Waals surface area contributed by atoms with Crippen LogP contribution >= 0.6 is 0 Å². The first-order chi connectivity index (χ1) is 14.6. The summed E-state index contributed by atoms with van der Waals surface area (Å²) in [7, 11) is 0. The summed E-state index contributed by atoms with van der Waals surface area (Å²) < 4.78 is 0. The third-order valence-corrected chi connectivity index (χ3v) is 6.86. The Morgan fingerprint density at radius 2 is 1.80 bits per heavy atom. The molecule has 1 aliphatic heterocycles. The lowest BCUT2D eigenvalue weighted by Crippen LogP contribution is -2.54.